The highest BCUT2D eigenvalue weighted by Crippen LogP contribution is 2.28. The molecule has 1 saturated heterocycles. The van der Waals surface area contributed by atoms with E-state index in [0.717, 1.165) is 25.1 Å². The van der Waals surface area contributed by atoms with Gasteiger partial charge in [0, 0.05) is 38.2 Å². The summed E-state index contributed by atoms with van der Waals surface area (Å²) in [7, 11) is 1.95. The summed E-state index contributed by atoms with van der Waals surface area (Å²) in [4.78, 5) is 26.0. The van der Waals surface area contributed by atoms with Crippen LogP contribution in [0.1, 0.15) is 29.6 Å². The normalized spacial score (nSPS) is 19.3. The Morgan fingerprint density at radius 3 is 2.88 bits per heavy atom. The molecule has 2 aliphatic heterocycles. The second-order valence-corrected chi connectivity index (χ2v) is 5.95. The smallest absolute Gasteiger partial charge is 0.251 e. The van der Waals surface area contributed by atoms with E-state index in [4.69, 9.17) is 0 Å². The number of halogens is 2. The Bertz CT molecular complexity index is 591. The first-order chi connectivity index (χ1) is 10.6. The van der Waals surface area contributed by atoms with Crippen LogP contribution < -0.4 is 20.9 Å². The molecule has 0 aliphatic carbocycles. The Kier molecular flexibility index (Phi) is 7.79. The van der Waals surface area contributed by atoms with Crippen molar-refractivity contribution in [2.24, 2.45) is 0 Å². The fourth-order valence-corrected chi connectivity index (χ4v) is 2.96. The minimum absolute atomic E-state index is 0. The molecule has 0 spiro atoms. The van der Waals surface area contributed by atoms with Crippen LogP contribution in [0.15, 0.2) is 18.2 Å². The number of nitrogens with zero attached hydrogens (tertiary/aromatic N) is 1. The first-order valence-corrected chi connectivity index (χ1v) is 7.80. The van der Waals surface area contributed by atoms with Crippen molar-refractivity contribution in [3.05, 3.63) is 23.8 Å². The number of rotatable bonds is 3. The number of benzene rings is 1. The van der Waals surface area contributed by atoms with Crippen molar-refractivity contribution in [2.45, 2.75) is 25.3 Å². The molecule has 2 heterocycles. The number of carbonyl (C=O) groups is 2. The summed E-state index contributed by atoms with van der Waals surface area (Å²) in [6, 6.07) is 5.83. The van der Waals surface area contributed by atoms with Gasteiger partial charge in [-0.3, -0.25) is 9.59 Å². The molecule has 8 heteroatoms. The van der Waals surface area contributed by atoms with Crippen LogP contribution in [0.5, 0.6) is 0 Å². The lowest BCUT2D eigenvalue weighted by atomic mass is 10.1. The maximum absolute atomic E-state index is 12.3. The summed E-state index contributed by atoms with van der Waals surface area (Å²) >= 11 is 0. The summed E-state index contributed by atoms with van der Waals surface area (Å²) < 4.78 is 0. The van der Waals surface area contributed by atoms with E-state index in [-0.39, 0.29) is 36.6 Å². The fourth-order valence-electron chi connectivity index (χ4n) is 2.96. The Labute approximate surface area is 154 Å². The summed E-state index contributed by atoms with van der Waals surface area (Å²) in [6.07, 6.45) is 2.73. The van der Waals surface area contributed by atoms with Gasteiger partial charge in [0.25, 0.3) is 5.91 Å². The number of carbonyl (C=O) groups excluding carboxylic acids is 2. The molecule has 0 aromatic heterocycles. The molecule has 24 heavy (non-hydrogen) atoms. The lowest BCUT2D eigenvalue weighted by Crippen LogP contribution is -2.37. The third-order valence-electron chi connectivity index (χ3n) is 4.29. The van der Waals surface area contributed by atoms with E-state index in [9.17, 15) is 9.59 Å². The van der Waals surface area contributed by atoms with Crippen LogP contribution >= 0.6 is 24.8 Å². The molecule has 2 aliphatic rings. The van der Waals surface area contributed by atoms with E-state index < -0.39 is 0 Å². The zero-order valence-electron chi connectivity index (χ0n) is 13.6. The summed E-state index contributed by atoms with van der Waals surface area (Å²) in [6.45, 7) is 2.34. The van der Waals surface area contributed by atoms with Gasteiger partial charge in [-0.15, -0.1) is 24.8 Å². The van der Waals surface area contributed by atoms with Crippen molar-refractivity contribution in [3.63, 3.8) is 0 Å². The van der Waals surface area contributed by atoms with Gasteiger partial charge in [-0.1, -0.05) is 0 Å². The fraction of sp³-hybridized carbons (Fsp3) is 0.500. The van der Waals surface area contributed by atoms with Gasteiger partial charge < -0.3 is 20.9 Å². The third-order valence-corrected chi connectivity index (χ3v) is 4.29. The van der Waals surface area contributed by atoms with E-state index in [1.807, 2.05) is 24.1 Å². The second-order valence-electron chi connectivity index (χ2n) is 5.95. The summed E-state index contributed by atoms with van der Waals surface area (Å²) in [5.74, 6) is -0.115. The quantitative estimate of drug-likeness (QED) is 0.753. The van der Waals surface area contributed by atoms with E-state index in [1.54, 1.807) is 6.07 Å². The highest BCUT2D eigenvalue weighted by atomic mass is 35.5. The molecule has 3 N–H and O–H groups in total. The molecule has 6 nitrogen and oxygen atoms in total. The van der Waals surface area contributed by atoms with Crippen LogP contribution in [-0.4, -0.2) is 44.5 Å². The first-order valence-electron chi connectivity index (χ1n) is 7.80. The Morgan fingerprint density at radius 2 is 2.17 bits per heavy atom. The maximum atomic E-state index is 12.3. The van der Waals surface area contributed by atoms with Crippen molar-refractivity contribution < 1.29 is 9.59 Å². The number of amides is 2. The lowest BCUT2D eigenvalue weighted by molar-refractivity contribution is -0.115. The highest BCUT2D eigenvalue weighted by molar-refractivity contribution is 6.00. The van der Waals surface area contributed by atoms with Gasteiger partial charge in [0.1, 0.15) is 0 Å². The molecule has 1 atom stereocenters. The lowest BCUT2D eigenvalue weighted by Gasteiger charge is -2.19. The predicted molar refractivity (Wildman–Crippen MR) is 101 cm³/mol. The highest BCUT2D eigenvalue weighted by Gasteiger charge is 2.19. The van der Waals surface area contributed by atoms with Crippen LogP contribution in [0, 0.1) is 0 Å². The topological polar surface area (TPSA) is 73.5 Å². The Balaban J connectivity index is 0.00000144. The van der Waals surface area contributed by atoms with Crippen LogP contribution in [0.4, 0.5) is 11.4 Å². The number of hydrogen-bond acceptors (Lipinski definition) is 4. The van der Waals surface area contributed by atoms with Crippen LogP contribution in [0.25, 0.3) is 0 Å². The first kappa shape index (κ1) is 20.5. The van der Waals surface area contributed by atoms with Crippen molar-refractivity contribution in [1.29, 1.82) is 0 Å². The van der Waals surface area contributed by atoms with Crippen molar-refractivity contribution in [1.82, 2.24) is 10.6 Å². The van der Waals surface area contributed by atoms with E-state index >= 15 is 0 Å². The minimum atomic E-state index is -0.0994. The third kappa shape index (κ3) is 4.75. The average molecular weight is 375 g/mol. The number of fused-ring (bicyclic) bond motifs is 1. The molecule has 0 radical (unpaired) electrons. The molecule has 134 valence electrons. The second kappa shape index (κ2) is 9.11. The van der Waals surface area contributed by atoms with E-state index in [2.05, 4.69) is 16.0 Å². The SMILES string of the molecule is CN1CCC(=O)Nc2cc(C(=O)NCC3CCCN3)ccc21.Cl.Cl. The summed E-state index contributed by atoms with van der Waals surface area (Å²) in [5.41, 5.74) is 2.23. The van der Waals surface area contributed by atoms with E-state index in [0.29, 0.717) is 36.8 Å². The van der Waals surface area contributed by atoms with Gasteiger partial charge in [-0.25, -0.2) is 0 Å². The van der Waals surface area contributed by atoms with Crippen molar-refractivity contribution in [2.75, 3.05) is 36.9 Å². The predicted octanol–water partition coefficient (Wildman–Crippen LogP) is 1.79. The molecule has 1 aromatic carbocycles. The largest absolute Gasteiger partial charge is 0.372 e. The van der Waals surface area contributed by atoms with Crippen molar-refractivity contribution in [3.8, 4) is 0 Å². The van der Waals surface area contributed by atoms with Crippen LogP contribution in [0.3, 0.4) is 0 Å². The molecule has 2 amide bonds. The Morgan fingerprint density at radius 1 is 1.38 bits per heavy atom. The number of hydrogen-bond donors (Lipinski definition) is 3. The number of nitrogens with one attached hydrogen (secondary N) is 3. The minimum Gasteiger partial charge on any atom is -0.372 e. The van der Waals surface area contributed by atoms with Crippen LogP contribution in [-0.2, 0) is 4.79 Å². The molecule has 1 unspecified atom stereocenters. The maximum Gasteiger partial charge on any atom is 0.251 e. The average Bonchev–Trinajstić information content (AvgIpc) is 2.98. The van der Waals surface area contributed by atoms with Gasteiger partial charge in [-0.2, -0.15) is 0 Å². The van der Waals surface area contributed by atoms with Gasteiger partial charge in [0.05, 0.1) is 11.4 Å². The zero-order chi connectivity index (χ0) is 15.5. The molecular formula is C16H24Cl2N4O2. The molecule has 1 aromatic rings. The standard InChI is InChI=1S/C16H22N4O2.2ClH/c1-20-8-6-15(21)19-13-9-11(4-5-14(13)20)16(22)18-10-12-3-2-7-17-12;;/h4-5,9,12,17H,2-3,6-8,10H2,1H3,(H,18,22)(H,19,21);2*1H. The number of anilines is 2. The Hall–Kier alpha value is -1.50. The van der Waals surface area contributed by atoms with Crippen LogP contribution in [0.2, 0.25) is 0 Å². The van der Waals surface area contributed by atoms with Gasteiger partial charge in [0.15, 0.2) is 0 Å². The molecule has 1 fully saturated rings. The van der Waals surface area contributed by atoms with Gasteiger partial charge in [-0.05, 0) is 37.6 Å². The molecule has 3 rings (SSSR count). The van der Waals surface area contributed by atoms with Gasteiger partial charge >= 0.3 is 0 Å². The zero-order valence-corrected chi connectivity index (χ0v) is 15.3. The molecular weight excluding hydrogens is 351 g/mol. The van der Waals surface area contributed by atoms with E-state index in [1.165, 1.54) is 0 Å². The summed E-state index contributed by atoms with van der Waals surface area (Å²) in [5, 5.41) is 9.19. The molecule has 0 bridgehead atoms. The molecule has 0 saturated carbocycles. The van der Waals surface area contributed by atoms with Crippen molar-refractivity contribution >= 4 is 48.0 Å². The van der Waals surface area contributed by atoms with Gasteiger partial charge in [0.2, 0.25) is 5.91 Å². The monoisotopic (exact) mass is 374 g/mol.